The van der Waals surface area contributed by atoms with Gasteiger partial charge in [0.05, 0.1) is 34.7 Å². The maximum absolute atomic E-state index is 4.26. The first-order valence-electron chi connectivity index (χ1n) is 6.33. The average Bonchev–Trinajstić information content (AvgIpc) is 2.28. The van der Waals surface area contributed by atoms with E-state index in [1.165, 1.54) is 23.7 Å². The molecule has 1 aromatic rings. The molecule has 17 heavy (non-hydrogen) atoms. The van der Waals surface area contributed by atoms with Crippen LogP contribution in [-0.4, -0.2) is 34.7 Å². The van der Waals surface area contributed by atoms with Crippen molar-refractivity contribution in [3.63, 3.8) is 0 Å². The number of hydrogen-bond acceptors (Lipinski definition) is 2. The van der Waals surface area contributed by atoms with Crippen LogP contribution in [0.3, 0.4) is 0 Å². The normalized spacial score (nSPS) is 9.65. The lowest BCUT2D eigenvalue weighted by molar-refractivity contribution is 1.28. The van der Waals surface area contributed by atoms with E-state index in [1.807, 2.05) is 13.8 Å². The fraction of sp³-hybridized carbons (Fsp3) is 0.364. The summed E-state index contributed by atoms with van der Waals surface area (Å²) in [6.45, 7) is 8.91. The van der Waals surface area contributed by atoms with Crippen LogP contribution in [0.15, 0.2) is 17.2 Å². The summed E-state index contributed by atoms with van der Waals surface area (Å²) >= 11 is 0. The van der Waals surface area contributed by atoms with Gasteiger partial charge < -0.3 is 0 Å². The third-order valence-corrected chi connectivity index (χ3v) is 3.16. The Morgan fingerprint density at radius 3 is 2.47 bits per heavy atom. The van der Waals surface area contributed by atoms with Crippen LogP contribution < -0.4 is 10.9 Å². The van der Waals surface area contributed by atoms with Crippen LogP contribution in [0.4, 0.5) is 5.69 Å². The van der Waals surface area contributed by atoms with Gasteiger partial charge in [-0.25, -0.2) is 0 Å². The third kappa shape index (κ3) is 3.72. The van der Waals surface area contributed by atoms with E-state index in [2.05, 4.69) is 52.0 Å². The molecule has 0 amide bonds. The van der Waals surface area contributed by atoms with Gasteiger partial charge >= 0.3 is 0 Å². The number of nitrogens with one attached hydrogen (secondary N) is 1. The summed E-state index contributed by atoms with van der Waals surface area (Å²) in [5.74, 6) is 0. The van der Waals surface area contributed by atoms with Crippen molar-refractivity contribution in [1.29, 1.82) is 0 Å². The molecule has 0 aliphatic rings. The maximum Gasteiger partial charge on any atom is 0.0963 e. The molecule has 1 N–H and O–H groups in total. The Kier molecular flexibility index (Phi) is 4.98. The summed E-state index contributed by atoms with van der Waals surface area (Å²) in [6.07, 6.45) is 0. The summed E-state index contributed by atoms with van der Waals surface area (Å²) in [7, 11) is 5.69. The predicted molar refractivity (Wildman–Crippen MR) is 87.9 cm³/mol. The van der Waals surface area contributed by atoms with Crippen LogP contribution >= 0.6 is 0 Å². The highest BCUT2D eigenvalue weighted by molar-refractivity contribution is 7.50. The van der Waals surface area contributed by atoms with Crippen LogP contribution in [0.2, 0.25) is 0 Å². The molecule has 0 aromatic heterocycles. The zero-order valence-electron chi connectivity index (χ0n) is 11.9. The van der Waals surface area contributed by atoms with Crippen molar-refractivity contribution in [2.75, 3.05) is 5.43 Å². The first kappa shape index (κ1) is 14.0. The van der Waals surface area contributed by atoms with Crippen LogP contribution in [0.5, 0.6) is 0 Å². The molecule has 0 saturated heterocycles. The van der Waals surface area contributed by atoms with Crippen LogP contribution in [0.25, 0.3) is 0 Å². The van der Waals surface area contributed by atoms with E-state index in [1.54, 1.807) is 0 Å². The second-order valence-electron chi connectivity index (χ2n) is 5.00. The molecule has 0 atom stereocenters. The lowest BCUT2D eigenvalue weighted by Gasteiger charge is -2.14. The van der Waals surface area contributed by atoms with Crippen LogP contribution in [0, 0.1) is 13.8 Å². The molecule has 0 saturated carbocycles. The number of benzene rings is 1. The number of aryl methyl sites for hydroxylation is 2. The Morgan fingerprint density at radius 1 is 1.29 bits per heavy atom. The van der Waals surface area contributed by atoms with Gasteiger partial charge in [0.25, 0.3) is 0 Å². The average molecular weight is 224 g/mol. The maximum atomic E-state index is 4.26. The molecule has 0 fully saturated rings. The molecule has 86 valence electrons. The molecule has 0 spiro atoms. The Labute approximate surface area is 108 Å². The summed E-state index contributed by atoms with van der Waals surface area (Å²) in [5.41, 5.74) is 9.32. The van der Waals surface area contributed by atoms with Crippen molar-refractivity contribution in [3.05, 3.63) is 23.3 Å². The van der Waals surface area contributed by atoms with Gasteiger partial charge in [-0.1, -0.05) is 17.1 Å². The van der Waals surface area contributed by atoms with E-state index < -0.39 is 0 Å². The molecule has 1 aromatic carbocycles. The molecule has 0 heterocycles. The minimum Gasteiger partial charge on any atom is -0.278 e. The van der Waals surface area contributed by atoms with E-state index in [4.69, 9.17) is 0 Å². The van der Waals surface area contributed by atoms with E-state index >= 15 is 0 Å². The monoisotopic (exact) mass is 224 g/mol. The van der Waals surface area contributed by atoms with Gasteiger partial charge in [0.1, 0.15) is 0 Å². The lowest BCUT2D eigenvalue weighted by atomic mass is 9.03. The summed E-state index contributed by atoms with van der Waals surface area (Å²) in [6, 6.07) is 4.48. The highest BCUT2D eigenvalue weighted by Gasteiger charge is 2.12. The molecule has 0 radical (unpaired) electrons. The minimum atomic E-state index is 0.624. The Morgan fingerprint density at radius 2 is 1.94 bits per heavy atom. The van der Waals surface area contributed by atoms with Gasteiger partial charge in [0, 0.05) is 5.71 Å². The van der Waals surface area contributed by atoms with Crippen molar-refractivity contribution in [1.82, 2.24) is 0 Å². The number of nitrogens with zero attached hydrogens (tertiary/aromatic N) is 1. The summed E-state index contributed by atoms with van der Waals surface area (Å²) in [5, 5.41) is 4.26. The number of hydrogen-bond donors (Lipinski definition) is 1. The highest BCUT2D eigenvalue weighted by atomic mass is 15.3. The lowest BCUT2D eigenvalue weighted by Crippen LogP contribution is -2.39. The number of anilines is 1. The summed E-state index contributed by atoms with van der Waals surface area (Å²) in [4.78, 5) is 0. The third-order valence-electron chi connectivity index (χ3n) is 3.16. The van der Waals surface area contributed by atoms with Crippen molar-refractivity contribution in [2.45, 2.75) is 27.7 Å². The minimum absolute atomic E-state index is 0.624. The fourth-order valence-electron chi connectivity index (χ4n) is 1.88. The molecule has 0 unspecified atom stereocenters. The van der Waals surface area contributed by atoms with Gasteiger partial charge in [0.15, 0.2) is 0 Å². The molecule has 0 aliphatic heterocycles. The SMILES string of the molecule is BBB(B)c1cc(C)c(NN=C(C)C)cc1C. The second-order valence-corrected chi connectivity index (χ2v) is 5.00. The number of hydrazone groups is 1. The zero-order chi connectivity index (χ0) is 13.0. The molecule has 0 bridgehead atoms. The largest absolute Gasteiger partial charge is 0.278 e. The molecule has 6 heteroatoms. The molecular formula is C11H20B4N2. The van der Waals surface area contributed by atoms with Crippen molar-refractivity contribution < 1.29 is 0 Å². The highest BCUT2D eigenvalue weighted by Crippen LogP contribution is 2.15. The first-order chi connectivity index (χ1) is 7.95. The van der Waals surface area contributed by atoms with Gasteiger partial charge in [-0.05, 0) is 39.3 Å². The molecule has 2 nitrogen and oxygen atoms in total. The standard InChI is InChI=1S/C11H20B4N2/c1-7(2)16-17-11-6-8(3)10(5-9(11)4)15(13)14-12/h5-6,14,17H,12-13H2,1-4H3. The van der Waals surface area contributed by atoms with E-state index in [-0.39, 0.29) is 0 Å². The van der Waals surface area contributed by atoms with Gasteiger partial charge in [0.2, 0.25) is 0 Å². The quantitative estimate of drug-likeness (QED) is 0.412. The fourth-order valence-corrected chi connectivity index (χ4v) is 1.88. The van der Waals surface area contributed by atoms with Gasteiger partial charge in [-0.3, -0.25) is 5.43 Å². The smallest absolute Gasteiger partial charge is 0.0963 e. The van der Waals surface area contributed by atoms with Crippen molar-refractivity contribution in [3.8, 4) is 0 Å². The second kappa shape index (κ2) is 6.04. The van der Waals surface area contributed by atoms with Crippen molar-refractivity contribution in [2.24, 2.45) is 5.10 Å². The van der Waals surface area contributed by atoms with Gasteiger partial charge in [-0.2, -0.15) is 5.10 Å². The topological polar surface area (TPSA) is 24.4 Å². The summed E-state index contributed by atoms with van der Waals surface area (Å²) < 4.78 is 0. The van der Waals surface area contributed by atoms with Crippen LogP contribution in [-0.2, 0) is 0 Å². The Balaban J connectivity index is 3.05. The Bertz CT molecular complexity index is 428. The number of rotatable bonds is 4. The predicted octanol–water partition coefficient (Wildman–Crippen LogP) is -0.576. The van der Waals surface area contributed by atoms with E-state index in [9.17, 15) is 0 Å². The van der Waals surface area contributed by atoms with E-state index in [0.29, 0.717) is 6.49 Å². The van der Waals surface area contributed by atoms with Crippen LogP contribution in [0.1, 0.15) is 25.0 Å². The molecule has 0 aliphatic carbocycles. The molecule has 1 rings (SSSR count). The molecular weight excluding hydrogens is 203 g/mol. The Hall–Kier alpha value is -1.05. The zero-order valence-corrected chi connectivity index (χ0v) is 11.9. The van der Waals surface area contributed by atoms with Gasteiger partial charge in [-0.15, -0.1) is 0 Å². The van der Waals surface area contributed by atoms with Crippen molar-refractivity contribution >= 4 is 45.9 Å². The first-order valence-corrected chi connectivity index (χ1v) is 6.33. The van der Waals surface area contributed by atoms with E-state index in [0.717, 1.165) is 11.4 Å².